The lowest BCUT2D eigenvalue weighted by Gasteiger charge is -2.35. The van der Waals surface area contributed by atoms with E-state index in [1.807, 2.05) is 17.3 Å². The van der Waals surface area contributed by atoms with E-state index in [0.717, 1.165) is 51.1 Å². The van der Waals surface area contributed by atoms with E-state index in [0.29, 0.717) is 12.5 Å². The second kappa shape index (κ2) is 6.50. The van der Waals surface area contributed by atoms with Crippen molar-refractivity contribution >= 4 is 11.8 Å². The van der Waals surface area contributed by atoms with Gasteiger partial charge in [-0.25, -0.2) is 4.98 Å². The van der Waals surface area contributed by atoms with Crippen molar-refractivity contribution in [2.24, 2.45) is 0 Å². The molecule has 3 heterocycles. The van der Waals surface area contributed by atoms with Gasteiger partial charge in [-0.3, -0.25) is 9.59 Å². The smallest absolute Gasteiger partial charge is 0.242 e. The molecule has 0 aliphatic carbocycles. The number of hydrogen-bond donors (Lipinski definition) is 0. The first-order valence-electron chi connectivity index (χ1n) is 8.26. The van der Waals surface area contributed by atoms with Gasteiger partial charge in [0.05, 0.1) is 12.6 Å². The molecule has 0 bridgehead atoms. The SMILES string of the molecule is CCc1nccn1C1CCCN(C(=O)CN2CCCC2=O)C1. The average molecular weight is 304 g/mol. The van der Waals surface area contributed by atoms with Gasteiger partial charge in [0.25, 0.3) is 0 Å². The molecule has 0 spiro atoms. The van der Waals surface area contributed by atoms with Crippen LogP contribution in [0.3, 0.4) is 0 Å². The van der Waals surface area contributed by atoms with Crippen LogP contribution in [0.15, 0.2) is 12.4 Å². The molecule has 0 saturated carbocycles. The summed E-state index contributed by atoms with van der Waals surface area (Å²) in [6.07, 6.45) is 8.31. The Balaban J connectivity index is 1.62. The number of imidazole rings is 1. The molecular formula is C16H24N4O2. The number of likely N-dealkylation sites (tertiary alicyclic amines) is 2. The third kappa shape index (κ3) is 3.00. The Morgan fingerprint density at radius 2 is 2.23 bits per heavy atom. The maximum atomic E-state index is 12.5. The van der Waals surface area contributed by atoms with Crippen LogP contribution in [0.1, 0.15) is 44.5 Å². The standard InChI is InChI=1S/C16H24N4O2/c1-2-14-17-7-10-20(14)13-5-3-8-18(11-13)16(22)12-19-9-4-6-15(19)21/h7,10,13H,2-6,8-9,11-12H2,1H3. The van der Waals surface area contributed by atoms with Crippen LogP contribution in [0.25, 0.3) is 0 Å². The molecule has 1 aromatic rings. The largest absolute Gasteiger partial charge is 0.339 e. The van der Waals surface area contributed by atoms with Gasteiger partial charge in [-0.05, 0) is 19.3 Å². The Morgan fingerprint density at radius 3 is 2.95 bits per heavy atom. The van der Waals surface area contributed by atoms with E-state index in [-0.39, 0.29) is 18.4 Å². The topological polar surface area (TPSA) is 58.4 Å². The molecule has 0 aromatic carbocycles. The Hall–Kier alpha value is -1.85. The molecule has 0 N–H and O–H groups in total. The van der Waals surface area contributed by atoms with Gasteiger partial charge in [-0.1, -0.05) is 6.92 Å². The summed E-state index contributed by atoms with van der Waals surface area (Å²) < 4.78 is 2.21. The molecule has 2 amide bonds. The van der Waals surface area contributed by atoms with Crippen molar-refractivity contribution in [2.45, 2.75) is 45.1 Å². The number of hydrogen-bond acceptors (Lipinski definition) is 3. The maximum absolute atomic E-state index is 12.5. The fraction of sp³-hybridized carbons (Fsp3) is 0.688. The third-order valence-electron chi connectivity index (χ3n) is 4.71. The molecule has 1 atom stereocenters. The summed E-state index contributed by atoms with van der Waals surface area (Å²) in [5.74, 6) is 1.27. The molecule has 2 fully saturated rings. The van der Waals surface area contributed by atoms with Crippen LogP contribution in [-0.4, -0.2) is 57.3 Å². The first kappa shape index (κ1) is 15.1. The van der Waals surface area contributed by atoms with Gasteiger partial charge in [0.1, 0.15) is 5.82 Å². The average Bonchev–Trinajstić information content (AvgIpc) is 3.16. The fourth-order valence-electron chi connectivity index (χ4n) is 3.49. The fourth-order valence-corrected chi connectivity index (χ4v) is 3.49. The normalized spacial score (nSPS) is 22.4. The van der Waals surface area contributed by atoms with E-state index in [4.69, 9.17) is 0 Å². The number of piperidine rings is 1. The van der Waals surface area contributed by atoms with E-state index < -0.39 is 0 Å². The molecule has 1 unspecified atom stereocenters. The van der Waals surface area contributed by atoms with Gasteiger partial charge in [-0.15, -0.1) is 0 Å². The zero-order valence-electron chi connectivity index (χ0n) is 13.2. The lowest BCUT2D eigenvalue weighted by molar-refractivity contribution is -0.139. The molecule has 2 aliphatic heterocycles. The number of aromatic nitrogens is 2. The lowest BCUT2D eigenvalue weighted by Crippen LogP contribution is -2.45. The van der Waals surface area contributed by atoms with Crippen molar-refractivity contribution in [2.75, 3.05) is 26.2 Å². The molecule has 3 rings (SSSR count). The molecule has 1 aromatic heterocycles. The van der Waals surface area contributed by atoms with Crippen LogP contribution in [0, 0.1) is 0 Å². The maximum Gasteiger partial charge on any atom is 0.242 e. The zero-order valence-corrected chi connectivity index (χ0v) is 13.2. The first-order valence-corrected chi connectivity index (χ1v) is 8.26. The summed E-state index contributed by atoms with van der Waals surface area (Å²) in [6.45, 7) is 4.60. The van der Waals surface area contributed by atoms with E-state index in [2.05, 4.69) is 16.5 Å². The molecule has 2 aliphatic rings. The molecule has 2 saturated heterocycles. The predicted octanol–water partition coefficient (Wildman–Crippen LogP) is 1.23. The second-order valence-corrected chi connectivity index (χ2v) is 6.16. The highest BCUT2D eigenvalue weighted by Gasteiger charge is 2.29. The van der Waals surface area contributed by atoms with Crippen molar-refractivity contribution in [1.29, 1.82) is 0 Å². The van der Waals surface area contributed by atoms with Crippen LogP contribution >= 0.6 is 0 Å². The van der Waals surface area contributed by atoms with E-state index in [1.165, 1.54) is 0 Å². The van der Waals surface area contributed by atoms with E-state index >= 15 is 0 Å². The lowest BCUT2D eigenvalue weighted by atomic mass is 10.1. The van der Waals surface area contributed by atoms with Crippen LogP contribution in [0.2, 0.25) is 0 Å². The Bertz CT molecular complexity index is 554. The Labute approximate surface area is 131 Å². The third-order valence-corrected chi connectivity index (χ3v) is 4.71. The zero-order chi connectivity index (χ0) is 15.5. The van der Waals surface area contributed by atoms with Crippen molar-refractivity contribution in [3.63, 3.8) is 0 Å². The number of rotatable bonds is 4. The second-order valence-electron chi connectivity index (χ2n) is 6.16. The number of amides is 2. The van der Waals surface area contributed by atoms with Gasteiger partial charge >= 0.3 is 0 Å². The molecule has 6 nitrogen and oxygen atoms in total. The highest BCUT2D eigenvalue weighted by atomic mass is 16.2. The Morgan fingerprint density at radius 1 is 1.36 bits per heavy atom. The Kier molecular flexibility index (Phi) is 4.45. The quantitative estimate of drug-likeness (QED) is 0.840. The minimum Gasteiger partial charge on any atom is -0.339 e. The van der Waals surface area contributed by atoms with E-state index in [9.17, 15) is 9.59 Å². The summed E-state index contributed by atoms with van der Waals surface area (Å²) in [4.78, 5) is 32.1. The van der Waals surface area contributed by atoms with Crippen molar-refractivity contribution < 1.29 is 9.59 Å². The van der Waals surface area contributed by atoms with Crippen LogP contribution in [0.4, 0.5) is 0 Å². The first-order chi connectivity index (χ1) is 10.7. The van der Waals surface area contributed by atoms with Crippen molar-refractivity contribution in [3.05, 3.63) is 18.2 Å². The number of carbonyl (C=O) groups is 2. The predicted molar refractivity (Wildman–Crippen MR) is 82.3 cm³/mol. The van der Waals surface area contributed by atoms with Crippen LogP contribution in [0.5, 0.6) is 0 Å². The number of aryl methyl sites for hydroxylation is 1. The summed E-state index contributed by atoms with van der Waals surface area (Å²) in [5, 5.41) is 0. The number of carbonyl (C=O) groups excluding carboxylic acids is 2. The van der Waals surface area contributed by atoms with Gasteiger partial charge in [0.2, 0.25) is 11.8 Å². The monoisotopic (exact) mass is 304 g/mol. The number of nitrogens with zero attached hydrogens (tertiary/aromatic N) is 4. The van der Waals surface area contributed by atoms with Gasteiger partial charge in [0, 0.05) is 44.9 Å². The minimum absolute atomic E-state index is 0.0816. The van der Waals surface area contributed by atoms with E-state index in [1.54, 1.807) is 4.90 Å². The van der Waals surface area contributed by atoms with Crippen LogP contribution in [-0.2, 0) is 16.0 Å². The van der Waals surface area contributed by atoms with Crippen LogP contribution < -0.4 is 0 Å². The summed E-state index contributed by atoms with van der Waals surface area (Å²) in [5.41, 5.74) is 0. The summed E-state index contributed by atoms with van der Waals surface area (Å²) >= 11 is 0. The molecule has 6 heteroatoms. The highest BCUT2D eigenvalue weighted by molar-refractivity contribution is 5.85. The van der Waals surface area contributed by atoms with Gasteiger partial charge in [-0.2, -0.15) is 0 Å². The highest BCUT2D eigenvalue weighted by Crippen LogP contribution is 2.23. The summed E-state index contributed by atoms with van der Waals surface area (Å²) in [7, 11) is 0. The summed E-state index contributed by atoms with van der Waals surface area (Å²) in [6, 6.07) is 0.310. The molecule has 120 valence electrons. The molecule has 0 radical (unpaired) electrons. The molecular weight excluding hydrogens is 280 g/mol. The molecule has 22 heavy (non-hydrogen) atoms. The van der Waals surface area contributed by atoms with Crippen molar-refractivity contribution in [1.82, 2.24) is 19.4 Å². The minimum atomic E-state index is 0.0816. The van der Waals surface area contributed by atoms with Gasteiger partial charge in [0.15, 0.2) is 0 Å². The van der Waals surface area contributed by atoms with Crippen molar-refractivity contribution in [3.8, 4) is 0 Å². The van der Waals surface area contributed by atoms with Gasteiger partial charge < -0.3 is 14.4 Å².